The fourth-order valence-electron chi connectivity index (χ4n) is 0. The predicted molar refractivity (Wildman–Crippen MR) is 23.1 cm³/mol. The third-order valence-corrected chi connectivity index (χ3v) is 0. The molecule has 0 bridgehead atoms. The molecule has 9 heavy (non-hydrogen) atoms. The second-order valence-corrected chi connectivity index (χ2v) is 0.903. The van der Waals surface area contributed by atoms with Crippen LogP contribution in [0.4, 0.5) is 17.3 Å². The van der Waals surface area contributed by atoms with Gasteiger partial charge in [0, 0.05) is 14.2 Å². The summed E-state index contributed by atoms with van der Waals surface area (Å²) in [6, 6.07) is 0. The standard InChI is InChI=1S/C2H6O.BF4.Li/c1-3-2;2-1(3,4)5;/h1-2H3;;/q;-1;+1. The summed E-state index contributed by atoms with van der Waals surface area (Å²) in [7, 11) is -2.75. The van der Waals surface area contributed by atoms with Crippen molar-refractivity contribution < 1.29 is 40.9 Å². The van der Waals surface area contributed by atoms with E-state index in [0.717, 1.165) is 0 Å². The first-order chi connectivity index (χ1) is 3.41. The first-order valence-electron chi connectivity index (χ1n) is 1.69. The minimum absolute atomic E-state index is 0. The van der Waals surface area contributed by atoms with Crippen molar-refractivity contribution in [2.75, 3.05) is 14.2 Å². The van der Waals surface area contributed by atoms with Crippen molar-refractivity contribution in [3.05, 3.63) is 0 Å². The van der Waals surface area contributed by atoms with Crippen molar-refractivity contribution in [1.82, 2.24) is 0 Å². The Balaban J connectivity index is -0.0000000800. The first-order valence-corrected chi connectivity index (χ1v) is 1.69. The Kier molecular flexibility index (Phi) is 15.0. The molecule has 0 aliphatic heterocycles. The van der Waals surface area contributed by atoms with E-state index >= 15 is 0 Å². The molecular formula is C2H6BF4LiO. The fraction of sp³-hybridized carbons (Fsp3) is 1.00. The maximum absolute atomic E-state index is 9.75. The molecule has 52 valence electrons. The maximum Gasteiger partial charge on any atom is 1.00 e. The average molecular weight is 140 g/mol. The van der Waals surface area contributed by atoms with Gasteiger partial charge in [-0.3, -0.25) is 0 Å². The van der Waals surface area contributed by atoms with Crippen molar-refractivity contribution in [3.8, 4) is 0 Å². The molecule has 0 aliphatic carbocycles. The quantitative estimate of drug-likeness (QED) is 0.296. The zero-order chi connectivity index (χ0) is 7.21. The zero-order valence-electron chi connectivity index (χ0n) is 5.50. The van der Waals surface area contributed by atoms with E-state index in [1.807, 2.05) is 0 Å². The predicted octanol–water partition coefficient (Wildman–Crippen LogP) is -1.43. The minimum atomic E-state index is -6.00. The number of halogens is 4. The van der Waals surface area contributed by atoms with Gasteiger partial charge in [0.1, 0.15) is 0 Å². The van der Waals surface area contributed by atoms with E-state index in [4.69, 9.17) is 0 Å². The molecule has 0 unspecified atom stereocenters. The second kappa shape index (κ2) is 8.34. The molecule has 1 nitrogen and oxygen atoms in total. The van der Waals surface area contributed by atoms with Crippen LogP contribution in [0.15, 0.2) is 0 Å². The number of methoxy groups -OCH3 is 1. The smallest absolute Gasteiger partial charge is 0.418 e. The monoisotopic (exact) mass is 140 g/mol. The number of rotatable bonds is 0. The summed E-state index contributed by atoms with van der Waals surface area (Å²) >= 11 is 0. The molecule has 0 aromatic carbocycles. The molecule has 0 amide bonds. The van der Waals surface area contributed by atoms with Crippen LogP contribution < -0.4 is 18.9 Å². The van der Waals surface area contributed by atoms with Gasteiger partial charge in [-0.25, -0.2) is 0 Å². The molecule has 0 saturated carbocycles. The molecule has 0 N–H and O–H groups in total. The summed E-state index contributed by atoms with van der Waals surface area (Å²) < 4.78 is 43.2. The van der Waals surface area contributed by atoms with Crippen LogP contribution in [0.2, 0.25) is 0 Å². The molecule has 0 heterocycles. The van der Waals surface area contributed by atoms with Gasteiger partial charge in [-0.15, -0.1) is 0 Å². The van der Waals surface area contributed by atoms with Crippen LogP contribution in [0, 0.1) is 0 Å². The van der Waals surface area contributed by atoms with Crippen molar-refractivity contribution in [2.24, 2.45) is 0 Å². The fourth-order valence-corrected chi connectivity index (χ4v) is 0. The Morgan fingerprint density at radius 3 is 1.00 bits per heavy atom. The first kappa shape index (κ1) is 16.2. The summed E-state index contributed by atoms with van der Waals surface area (Å²) in [6.07, 6.45) is 0. The summed E-state index contributed by atoms with van der Waals surface area (Å²) in [5, 5.41) is 0. The number of hydrogen-bond donors (Lipinski definition) is 0. The normalized spacial score (nSPS) is 8.67. The van der Waals surface area contributed by atoms with E-state index < -0.39 is 7.25 Å². The Morgan fingerprint density at radius 2 is 1.00 bits per heavy atom. The molecule has 0 rings (SSSR count). The van der Waals surface area contributed by atoms with Crippen molar-refractivity contribution >= 4 is 7.25 Å². The van der Waals surface area contributed by atoms with Crippen molar-refractivity contribution in [1.29, 1.82) is 0 Å². The van der Waals surface area contributed by atoms with Crippen LogP contribution in [0.25, 0.3) is 0 Å². The Bertz CT molecular complexity index is 42.3. The van der Waals surface area contributed by atoms with Crippen LogP contribution in [-0.2, 0) is 4.74 Å². The average Bonchev–Trinajstić information content (AvgIpc) is 1.27. The van der Waals surface area contributed by atoms with Crippen LogP contribution in [0.5, 0.6) is 0 Å². The van der Waals surface area contributed by atoms with Gasteiger partial charge in [0.2, 0.25) is 0 Å². The van der Waals surface area contributed by atoms with Gasteiger partial charge < -0.3 is 22.0 Å². The molecule has 0 aliphatic rings. The molecule has 0 radical (unpaired) electrons. The van der Waals surface area contributed by atoms with Crippen LogP contribution >= 0.6 is 0 Å². The molecule has 0 fully saturated rings. The van der Waals surface area contributed by atoms with E-state index in [0.29, 0.717) is 0 Å². The Hall–Kier alpha value is 0.342. The largest absolute Gasteiger partial charge is 1.00 e. The van der Waals surface area contributed by atoms with Gasteiger partial charge >= 0.3 is 26.1 Å². The van der Waals surface area contributed by atoms with Crippen LogP contribution in [0.1, 0.15) is 0 Å². The second-order valence-electron chi connectivity index (χ2n) is 0.903. The molecule has 0 saturated heterocycles. The SMILES string of the molecule is COC.F[B-](F)(F)F.[Li+]. The van der Waals surface area contributed by atoms with E-state index in [2.05, 4.69) is 4.74 Å². The zero-order valence-corrected chi connectivity index (χ0v) is 5.50. The molecule has 7 heteroatoms. The maximum atomic E-state index is 9.75. The molecule has 0 aromatic heterocycles. The molecule has 0 aromatic rings. The summed E-state index contributed by atoms with van der Waals surface area (Å²) in [5.41, 5.74) is 0. The van der Waals surface area contributed by atoms with Gasteiger partial charge in [0.25, 0.3) is 0 Å². The van der Waals surface area contributed by atoms with Crippen LogP contribution in [-0.4, -0.2) is 21.5 Å². The molecule has 0 spiro atoms. The number of hydrogen-bond acceptors (Lipinski definition) is 1. The van der Waals surface area contributed by atoms with E-state index in [-0.39, 0.29) is 18.9 Å². The van der Waals surface area contributed by atoms with Crippen molar-refractivity contribution in [2.45, 2.75) is 0 Å². The van der Waals surface area contributed by atoms with Gasteiger partial charge in [0.15, 0.2) is 0 Å². The van der Waals surface area contributed by atoms with E-state index in [1.165, 1.54) is 0 Å². The number of ether oxygens (including phenoxy) is 1. The summed E-state index contributed by atoms with van der Waals surface area (Å²) in [6.45, 7) is 0. The van der Waals surface area contributed by atoms with E-state index in [9.17, 15) is 17.3 Å². The molecule has 0 atom stereocenters. The minimum Gasteiger partial charge on any atom is -0.418 e. The van der Waals surface area contributed by atoms with Gasteiger partial charge in [-0.05, 0) is 0 Å². The third-order valence-electron chi connectivity index (χ3n) is 0. The van der Waals surface area contributed by atoms with E-state index in [1.54, 1.807) is 14.2 Å². The van der Waals surface area contributed by atoms with Crippen LogP contribution in [0.3, 0.4) is 0 Å². The molecular weight excluding hydrogens is 134 g/mol. The van der Waals surface area contributed by atoms with Gasteiger partial charge in [-0.1, -0.05) is 0 Å². The van der Waals surface area contributed by atoms with Crippen molar-refractivity contribution in [3.63, 3.8) is 0 Å². The summed E-state index contributed by atoms with van der Waals surface area (Å²) in [4.78, 5) is 0. The topological polar surface area (TPSA) is 9.23 Å². The third kappa shape index (κ3) is 2860. The summed E-state index contributed by atoms with van der Waals surface area (Å²) in [5.74, 6) is 0. The Morgan fingerprint density at radius 1 is 1.00 bits per heavy atom. The van der Waals surface area contributed by atoms with Gasteiger partial charge in [0.05, 0.1) is 0 Å². The Labute approximate surface area is 63.0 Å². The van der Waals surface area contributed by atoms with Gasteiger partial charge in [-0.2, -0.15) is 0 Å².